The summed E-state index contributed by atoms with van der Waals surface area (Å²) in [6.45, 7) is 0. The van der Waals surface area contributed by atoms with Crippen molar-refractivity contribution in [2.45, 2.75) is 0 Å². The third kappa shape index (κ3) is 1.98. The quantitative estimate of drug-likeness (QED) is 0.739. The predicted molar refractivity (Wildman–Crippen MR) is 70.0 cm³/mol. The number of nitrogens with zero attached hydrogens (tertiary/aromatic N) is 2. The van der Waals surface area contributed by atoms with Crippen LogP contribution in [0.1, 0.15) is 0 Å². The third-order valence-corrected chi connectivity index (χ3v) is 2.65. The standard InChI is InChI=1S/C13H12N4O/c1-14-12-7-13(17-8-16-12)18-10-2-3-11-9(6-10)4-5-15-11/h2-8,15H,1H3,(H,14,16,17). The Balaban J connectivity index is 1.90. The molecule has 5 nitrogen and oxygen atoms in total. The Morgan fingerprint density at radius 1 is 1.17 bits per heavy atom. The van der Waals surface area contributed by atoms with Gasteiger partial charge in [0.25, 0.3) is 0 Å². The Labute approximate surface area is 104 Å². The molecule has 3 rings (SSSR count). The molecule has 0 saturated heterocycles. The van der Waals surface area contributed by atoms with Gasteiger partial charge in [0.05, 0.1) is 0 Å². The highest BCUT2D eigenvalue weighted by molar-refractivity contribution is 5.80. The van der Waals surface area contributed by atoms with E-state index in [1.165, 1.54) is 6.33 Å². The van der Waals surface area contributed by atoms with Crippen LogP contribution in [0.4, 0.5) is 5.82 Å². The van der Waals surface area contributed by atoms with E-state index in [2.05, 4.69) is 20.3 Å². The van der Waals surface area contributed by atoms with Gasteiger partial charge in [-0.05, 0) is 24.3 Å². The van der Waals surface area contributed by atoms with Crippen LogP contribution in [0.5, 0.6) is 11.6 Å². The van der Waals surface area contributed by atoms with E-state index < -0.39 is 0 Å². The van der Waals surface area contributed by atoms with Crippen molar-refractivity contribution in [3.8, 4) is 11.6 Å². The molecule has 0 fully saturated rings. The summed E-state index contributed by atoms with van der Waals surface area (Å²) in [6, 6.07) is 9.60. The molecule has 0 aliphatic carbocycles. The summed E-state index contributed by atoms with van der Waals surface area (Å²) in [5, 5.41) is 4.05. The molecule has 5 heteroatoms. The second kappa shape index (κ2) is 4.37. The summed E-state index contributed by atoms with van der Waals surface area (Å²) in [5.74, 6) is 2.00. The Morgan fingerprint density at radius 3 is 3.00 bits per heavy atom. The van der Waals surface area contributed by atoms with Crippen molar-refractivity contribution >= 4 is 16.7 Å². The number of hydrogen-bond donors (Lipinski definition) is 2. The fourth-order valence-corrected chi connectivity index (χ4v) is 1.75. The summed E-state index contributed by atoms with van der Waals surface area (Å²) >= 11 is 0. The van der Waals surface area contributed by atoms with Gasteiger partial charge in [0.15, 0.2) is 0 Å². The van der Waals surface area contributed by atoms with Gasteiger partial charge in [0.2, 0.25) is 5.88 Å². The lowest BCUT2D eigenvalue weighted by atomic mass is 10.2. The van der Waals surface area contributed by atoms with Crippen molar-refractivity contribution in [3.63, 3.8) is 0 Å². The van der Waals surface area contributed by atoms with E-state index in [0.717, 1.165) is 22.5 Å². The van der Waals surface area contributed by atoms with E-state index in [1.807, 2.05) is 30.5 Å². The number of rotatable bonds is 3. The third-order valence-electron chi connectivity index (χ3n) is 2.65. The highest BCUT2D eigenvalue weighted by Crippen LogP contribution is 2.24. The molecule has 18 heavy (non-hydrogen) atoms. The average Bonchev–Trinajstić information content (AvgIpc) is 2.86. The molecule has 2 aromatic heterocycles. The fourth-order valence-electron chi connectivity index (χ4n) is 1.75. The number of benzene rings is 1. The van der Waals surface area contributed by atoms with Crippen LogP contribution in [-0.2, 0) is 0 Å². The molecule has 0 saturated carbocycles. The van der Waals surface area contributed by atoms with Crippen molar-refractivity contribution < 1.29 is 4.74 Å². The van der Waals surface area contributed by atoms with Crippen LogP contribution in [0.2, 0.25) is 0 Å². The summed E-state index contributed by atoms with van der Waals surface area (Å²) in [4.78, 5) is 11.2. The fraction of sp³-hybridized carbons (Fsp3) is 0.0769. The van der Waals surface area contributed by atoms with Crippen LogP contribution in [0.25, 0.3) is 10.9 Å². The van der Waals surface area contributed by atoms with Crippen molar-refractivity contribution in [1.82, 2.24) is 15.0 Å². The first-order chi connectivity index (χ1) is 8.85. The van der Waals surface area contributed by atoms with Gasteiger partial charge >= 0.3 is 0 Å². The van der Waals surface area contributed by atoms with Gasteiger partial charge in [-0.1, -0.05) is 0 Å². The first kappa shape index (κ1) is 10.6. The molecule has 0 atom stereocenters. The highest BCUT2D eigenvalue weighted by atomic mass is 16.5. The molecule has 90 valence electrons. The van der Waals surface area contributed by atoms with Crippen molar-refractivity contribution in [1.29, 1.82) is 0 Å². The molecule has 0 spiro atoms. The van der Waals surface area contributed by atoms with Gasteiger partial charge in [-0.3, -0.25) is 0 Å². The predicted octanol–water partition coefficient (Wildman–Crippen LogP) is 2.79. The Bertz CT molecular complexity index is 677. The maximum atomic E-state index is 5.69. The minimum Gasteiger partial charge on any atom is -0.439 e. The monoisotopic (exact) mass is 240 g/mol. The van der Waals surface area contributed by atoms with E-state index in [4.69, 9.17) is 4.74 Å². The zero-order chi connectivity index (χ0) is 12.4. The van der Waals surface area contributed by atoms with Gasteiger partial charge in [-0.25, -0.2) is 9.97 Å². The molecule has 3 aromatic rings. The van der Waals surface area contributed by atoms with Crippen LogP contribution in [0.15, 0.2) is 42.9 Å². The summed E-state index contributed by atoms with van der Waals surface area (Å²) in [6.07, 6.45) is 3.37. The first-order valence-electron chi connectivity index (χ1n) is 5.60. The molecule has 2 N–H and O–H groups in total. The molecule has 0 amide bonds. The smallest absolute Gasteiger partial charge is 0.224 e. The summed E-state index contributed by atoms with van der Waals surface area (Å²) in [5.41, 5.74) is 1.08. The van der Waals surface area contributed by atoms with Gasteiger partial charge in [-0.15, -0.1) is 0 Å². The van der Waals surface area contributed by atoms with E-state index in [9.17, 15) is 0 Å². The normalized spacial score (nSPS) is 10.5. The Kier molecular flexibility index (Phi) is 2.57. The number of aromatic nitrogens is 3. The minimum atomic E-state index is 0.518. The number of hydrogen-bond acceptors (Lipinski definition) is 4. The van der Waals surface area contributed by atoms with E-state index in [-0.39, 0.29) is 0 Å². The second-order valence-corrected chi connectivity index (χ2v) is 3.82. The molecule has 0 unspecified atom stereocenters. The molecule has 0 bridgehead atoms. The largest absolute Gasteiger partial charge is 0.439 e. The SMILES string of the molecule is CNc1cc(Oc2ccc3[nH]ccc3c2)ncn1. The summed E-state index contributed by atoms with van der Waals surface area (Å²) < 4.78 is 5.69. The van der Waals surface area contributed by atoms with E-state index in [1.54, 1.807) is 13.1 Å². The lowest BCUT2D eigenvalue weighted by Crippen LogP contribution is -1.94. The van der Waals surface area contributed by atoms with Gasteiger partial charge in [0, 0.05) is 30.2 Å². The van der Waals surface area contributed by atoms with E-state index in [0.29, 0.717) is 5.88 Å². The zero-order valence-electron chi connectivity index (χ0n) is 9.84. The van der Waals surface area contributed by atoms with Gasteiger partial charge < -0.3 is 15.0 Å². The minimum absolute atomic E-state index is 0.518. The number of ether oxygens (including phenoxy) is 1. The Morgan fingerprint density at radius 2 is 2.11 bits per heavy atom. The number of H-pyrrole nitrogens is 1. The number of nitrogens with one attached hydrogen (secondary N) is 2. The lowest BCUT2D eigenvalue weighted by molar-refractivity contribution is 0.462. The molecular weight excluding hydrogens is 228 g/mol. The lowest BCUT2D eigenvalue weighted by Gasteiger charge is -2.05. The molecular formula is C13H12N4O. The topological polar surface area (TPSA) is 62.8 Å². The first-order valence-corrected chi connectivity index (χ1v) is 5.60. The maximum Gasteiger partial charge on any atom is 0.224 e. The van der Waals surface area contributed by atoms with Crippen LogP contribution >= 0.6 is 0 Å². The number of aromatic amines is 1. The summed E-state index contributed by atoms with van der Waals surface area (Å²) in [7, 11) is 1.80. The van der Waals surface area contributed by atoms with Crippen LogP contribution in [-0.4, -0.2) is 22.0 Å². The maximum absolute atomic E-state index is 5.69. The highest BCUT2D eigenvalue weighted by Gasteiger charge is 2.02. The second-order valence-electron chi connectivity index (χ2n) is 3.82. The zero-order valence-corrected chi connectivity index (χ0v) is 9.84. The van der Waals surface area contributed by atoms with Gasteiger partial charge in [0.1, 0.15) is 17.9 Å². The van der Waals surface area contributed by atoms with Crippen LogP contribution < -0.4 is 10.1 Å². The van der Waals surface area contributed by atoms with Crippen LogP contribution in [0, 0.1) is 0 Å². The van der Waals surface area contributed by atoms with E-state index >= 15 is 0 Å². The van der Waals surface area contributed by atoms with Crippen molar-refractivity contribution in [3.05, 3.63) is 42.9 Å². The molecule has 0 aliphatic rings. The van der Waals surface area contributed by atoms with Crippen molar-refractivity contribution in [2.75, 3.05) is 12.4 Å². The van der Waals surface area contributed by atoms with Crippen molar-refractivity contribution in [2.24, 2.45) is 0 Å². The Hall–Kier alpha value is -2.56. The van der Waals surface area contributed by atoms with Gasteiger partial charge in [-0.2, -0.15) is 0 Å². The molecule has 2 heterocycles. The molecule has 0 radical (unpaired) electrons. The molecule has 1 aromatic carbocycles. The molecule has 0 aliphatic heterocycles. The van der Waals surface area contributed by atoms with Crippen LogP contribution in [0.3, 0.4) is 0 Å². The number of anilines is 1. The number of fused-ring (bicyclic) bond motifs is 1. The average molecular weight is 240 g/mol.